The second-order valence-electron chi connectivity index (χ2n) is 3.85. The molecule has 0 heterocycles. The lowest BCUT2D eigenvalue weighted by molar-refractivity contribution is -0.00341. The summed E-state index contributed by atoms with van der Waals surface area (Å²) >= 11 is 3.34. The van der Waals surface area contributed by atoms with Gasteiger partial charge in [-0.05, 0) is 33.6 Å². The van der Waals surface area contributed by atoms with Crippen molar-refractivity contribution in [3.05, 3.63) is 22.2 Å². The molecule has 0 amide bonds. The number of hydrogen-bond acceptors (Lipinski definition) is 4. The van der Waals surface area contributed by atoms with Gasteiger partial charge in [0.25, 0.3) is 6.43 Å². The Kier molecular flexibility index (Phi) is 6.47. The molecular formula is C12H16BrF2NO3. The summed E-state index contributed by atoms with van der Waals surface area (Å²) in [6.07, 6.45) is -4.41. The Labute approximate surface area is 118 Å². The number of ether oxygens (including phenoxy) is 2. The van der Waals surface area contributed by atoms with Crippen LogP contribution in [0.15, 0.2) is 16.6 Å². The maximum atomic E-state index is 12.1. The van der Waals surface area contributed by atoms with Crippen LogP contribution < -0.4 is 14.8 Å². The van der Waals surface area contributed by atoms with Crippen LogP contribution in [0.1, 0.15) is 5.56 Å². The van der Waals surface area contributed by atoms with Gasteiger partial charge in [0.1, 0.15) is 6.10 Å². The number of alkyl halides is 2. The number of hydrogen-bond donors (Lipinski definition) is 2. The second kappa shape index (κ2) is 7.62. The van der Waals surface area contributed by atoms with Crippen LogP contribution in [-0.4, -0.2) is 38.4 Å². The van der Waals surface area contributed by atoms with Gasteiger partial charge in [-0.1, -0.05) is 0 Å². The molecule has 19 heavy (non-hydrogen) atoms. The lowest BCUT2D eigenvalue weighted by atomic mass is 10.2. The van der Waals surface area contributed by atoms with Crippen LogP contribution in [0.3, 0.4) is 0 Å². The van der Waals surface area contributed by atoms with E-state index in [9.17, 15) is 8.78 Å². The van der Waals surface area contributed by atoms with Gasteiger partial charge in [0.2, 0.25) is 0 Å². The van der Waals surface area contributed by atoms with Crippen LogP contribution >= 0.6 is 15.9 Å². The van der Waals surface area contributed by atoms with E-state index in [1.165, 1.54) is 14.2 Å². The highest BCUT2D eigenvalue weighted by Crippen LogP contribution is 2.36. The summed E-state index contributed by atoms with van der Waals surface area (Å²) in [5.74, 6) is 1.11. The fourth-order valence-electron chi connectivity index (χ4n) is 1.53. The molecule has 0 aliphatic carbocycles. The summed E-state index contributed by atoms with van der Waals surface area (Å²) in [6.45, 7) is 0.159. The summed E-state index contributed by atoms with van der Waals surface area (Å²) in [5.41, 5.74) is 0.825. The van der Waals surface area contributed by atoms with Gasteiger partial charge in [-0.3, -0.25) is 0 Å². The molecule has 1 aromatic rings. The van der Waals surface area contributed by atoms with Crippen LogP contribution in [0.4, 0.5) is 8.78 Å². The number of aliphatic hydroxyl groups excluding tert-OH is 1. The number of aliphatic hydroxyl groups is 1. The molecule has 1 rings (SSSR count). The molecule has 0 saturated carbocycles. The van der Waals surface area contributed by atoms with Crippen molar-refractivity contribution in [2.24, 2.45) is 0 Å². The first-order valence-electron chi connectivity index (χ1n) is 5.57. The minimum Gasteiger partial charge on any atom is -0.493 e. The van der Waals surface area contributed by atoms with E-state index in [1.54, 1.807) is 12.1 Å². The van der Waals surface area contributed by atoms with E-state index in [4.69, 9.17) is 14.6 Å². The van der Waals surface area contributed by atoms with Crippen molar-refractivity contribution < 1.29 is 23.4 Å². The highest BCUT2D eigenvalue weighted by atomic mass is 79.9. The molecule has 0 aliphatic rings. The molecule has 1 unspecified atom stereocenters. The van der Waals surface area contributed by atoms with Gasteiger partial charge in [-0.15, -0.1) is 0 Å². The predicted molar refractivity (Wildman–Crippen MR) is 71.0 cm³/mol. The standard InChI is InChI=1S/C12H16BrF2NO3/c1-18-10-4-7(3-8(13)11(10)19-2)5-16-6-9(17)12(14)15/h3-4,9,12,16-17H,5-6H2,1-2H3. The summed E-state index contributed by atoms with van der Waals surface area (Å²) in [4.78, 5) is 0. The van der Waals surface area contributed by atoms with E-state index >= 15 is 0 Å². The maximum Gasteiger partial charge on any atom is 0.265 e. The first-order chi connectivity index (χ1) is 8.99. The first kappa shape index (κ1) is 16.1. The van der Waals surface area contributed by atoms with Gasteiger partial charge in [0, 0.05) is 13.1 Å². The van der Waals surface area contributed by atoms with E-state index in [-0.39, 0.29) is 6.54 Å². The van der Waals surface area contributed by atoms with Gasteiger partial charge >= 0.3 is 0 Å². The highest BCUT2D eigenvalue weighted by molar-refractivity contribution is 9.10. The molecule has 4 nitrogen and oxygen atoms in total. The average Bonchev–Trinajstić information content (AvgIpc) is 2.37. The molecule has 2 N–H and O–H groups in total. The number of halogens is 3. The summed E-state index contributed by atoms with van der Waals surface area (Å²) in [5, 5.41) is 11.7. The van der Waals surface area contributed by atoms with Crippen molar-refractivity contribution in [1.29, 1.82) is 0 Å². The van der Waals surface area contributed by atoms with Gasteiger partial charge in [0.05, 0.1) is 18.7 Å². The molecule has 0 aliphatic heterocycles. The molecule has 1 atom stereocenters. The third kappa shape index (κ3) is 4.59. The molecule has 7 heteroatoms. The molecule has 0 spiro atoms. The third-order valence-corrected chi connectivity index (χ3v) is 3.06. The monoisotopic (exact) mass is 339 g/mol. The van der Waals surface area contributed by atoms with Crippen molar-refractivity contribution in [2.45, 2.75) is 19.1 Å². The van der Waals surface area contributed by atoms with Gasteiger partial charge in [-0.2, -0.15) is 0 Å². The quantitative estimate of drug-likeness (QED) is 0.799. The van der Waals surface area contributed by atoms with Crippen LogP contribution in [0.2, 0.25) is 0 Å². The fraction of sp³-hybridized carbons (Fsp3) is 0.500. The highest BCUT2D eigenvalue weighted by Gasteiger charge is 2.16. The van der Waals surface area contributed by atoms with Crippen molar-refractivity contribution >= 4 is 15.9 Å². The van der Waals surface area contributed by atoms with Gasteiger partial charge in [0.15, 0.2) is 11.5 Å². The van der Waals surface area contributed by atoms with Gasteiger partial charge in [-0.25, -0.2) is 8.78 Å². The molecular weight excluding hydrogens is 324 g/mol. The molecule has 0 radical (unpaired) electrons. The topological polar surface area (TPSA) is 50.7 Å². The van der Waals surface area contributed by atoms with Crippen LogP contribution in [0.25, 0.3) is 0 Å². The van der Waals surface area contributed by atoms with Crippen LogP contribution in [0, 0.1) is 0 Å². The largest absolute Gasteiger partial charge is 0.493 e. The van der Waals surface area contributed by atoms with Crippen molar-refractivity contribution in [2.75, 3.05) is 20.8 Å². The Hall–Kier alpha value is -0.920. The second-order valence-corrected chi connectivity index (χ2v) is 4.70. The molecule has 0 saturated heterocycles. The van der Waals surface area contributed by atoms with E-state index in [1.807, 2.05) is 0 Å². The minimum absolute atomic E-state index is 0.177. The molecule has 108 valence electrons. The van der Waals surface area contributed by atoms with Crippen LogP contribution in [0.5, 0.6) is 11.5 Å². The van der Waals surface area contributed by atoms with E-state index in [0.29, 0.717) is 22.5 Å². The van der Waals surface area contributed by atoms with E-state index in [2.05, 4.69) is 21.2 Å². The van der Waals surface area contributed by atoms with E-state index < -0.39 is 12.5 Å². The summed E-state index contributed by atoms with van der Waals surface area (Å²) < 4.78 is 35.2. The lowest BCUT2D eigenvalue weighted by Crippen LogP contribution is -2.31. The normalized spacial score (nSPS) is 12.6. The fourth-order valence-corrected chi connectivity index (χ4v) is 2.18. The van der Waals surface area contributed by atoms with Crippen LogP contribution in [-0.2, 0) is 6.54 Å². The molecule has 0 fully saturated rings. The number of benzene rings is 1. The zero-order chi connectivity index (χ0) is 14.4. The number of nitrogens with one attached hydrogen (secondary N) is 1. The smallest absolute Gasteiger partial charge is 0.265 e. The van der Waals surface area contributed by atoms with E-state index in [0.717, 1.165) is 5.56 Å². The molecule has 1 aromatic carbocycles. The van der Waals surface area contributed by atoms with Crippen molar-refractivity contribution in [3.63, 3.8) is 0 Å². The van der Waals surface area contributed by atoms with Crippen molar-refractivity contribution in [1.82, 2.24) is 5.32 Å². The Bertz CT molecular complexity index is 418. The molecule has 0 bridgehead atoms. The summed E-state index contributed by atoms with van der Waals surface area (Å²) in [6, 6.07) is 3.54. The number of rotatable bonds is 7. The number of methoxy groups -OCH3 is 2. The zero-order valence-corrected chi connectivity index (χ0v) is 12.2. The Balaban J connectivity index is 2.67. The Morgan fingerprint density at radius 2 is 2.00 bits per heavy atom. The third-order valence-electron chi connectivity index (χ3n) is 2.47. The first-order valence-corrected chi connectivity index (χ1v) is 6.36. The minimum atomic E-state index is -2.75. The Morgan fingerprint density at radius 3 is 2.53 bits per heavy atom. The SMILES string of the molecule is COc1cc(CNCC(O)C(F)F)cc(Br)c1OC. The lowest BCUT2D eigenvalue weighted by Gasteiger charge is -2.14. The average molecular weight is 340 g/mol. The summed E-state index contributed by atoms with van der Waals surface area (Å²) in [7, 11) is 3.04. The van der Waals surface area contributed by atoms with Gasteiger partial charge < -0.3 is 19.9 Å². The predicted octanol–water partition coefficient (Wildman–Crippen LogP) is 2.18. The van der Waals surface area contributed by atoms with Crippen molar-refractivity contribution in [3.8, 4) is 11.5 Å². The maximum absolute atomic E-state index is 12.1. The Morgan fingerprint density at radius 1 is 1.32 bits per heavy atom. The molecule has 0 aromatic heterocycles. The zero-order valence-electron chi connectivity index (χ0n) is 10.6.